The van der Waals surface area contributed by atoms with Gasteiger partial charge in [-0.15, -0.1) is 0 Å². The molecule has 0 spiro atoms. The summed E-state index contributed by atoms with van der Waals surface area (Å²) in [6, 6.07) is 11.8. The number of ketones is 1. The SMILES string of the molecule is CC(=O)c1cccc(NC(C)C(=O)Nc2ccc3c(c2)OCO3)c1. The van der Waals surface area contributed by atoms with Crippen LogP contribution in [0.5, 0.6) is 11.5 Å². The molecule has 24 heavy (non-hydrogen) atoms. The molecule has 2 aromatic rings. The zero-order valence-electron chi connectivity index (χ0n) is 13.5. The molecule has 1 amide bonds. The van der Waals surface area contributed by atoms with E-state index in [2.05, 4.69) is 10.6 Å². The fourth-order valence-corrected chi connectivity index (χ4v) is 2.37. The molecule has 2 N–H and O–H groups in total. The number of fused-ring (bicyclic) bond motifs is 1. The van der Waals surface area contributed by atoms with E-state index in [0.29, 0.717) is 22.7 Å². The van der Waals surface area contributed by atoms with Crippen molar-refractivity contribution in [1.82, 2.24) is 0 Å². The van der Waals surface area contributed by atoms with Gasteiger partial charge in [-0.2, -0.15) is 0 Å². The Morgan fingerprint density at radius 3 is 2.62 bits per heavy atom. The van der Waals surface area contributed by atoms with Crippen molar-refractivity contribution >= 4 is 23.1 Å². The van der Waals surface area contributed by atoms with Crippen LogP contribution < -0.4 is 20.1 Å². The van der Waals surface area contributed by atoms with Crippen LogP contribution in [0.4, 0.5) is 11.4 Å². The largest absolute Gasteiger partial charge is 0.454 e. The third-order valence-electron chi connectivity index (χ3n) is 3.69. The maximum Gasteiger partial charge on any atom is 0.246 e. The summed E-state index contributed by atoms with van der Waals surface area (Å²) in [6.07, 6.45) is 0. The molecule has 1 heterocycles. The Bertz CT molecular complexity index is 788. The van der Waals surface area contributed by atoms with Crippen LogP contribution in [0.15, 0.2) is 42.5 Å². The molecule has 3 rings (SSSR count). The van der Waals surface area contributed by atoms with Gasteiger partial charge in [-0.25, -0.2) is 0 Å². The lowest BCUT2D eigenvalue weighted by molar-refractivity contribution is -0.116. The zero-order valence-corrected chi connectivity index (χ0v) is 13.5. The van der Waals surface area contributed by atoms with Gasteiger partial charge in [0.25, 0.3) is 0 Å². The highest BCUT2D eigenvalue weighted by Gasteiger charge is 2.17. The molecule has 1 unspecified atom stereocenters. The first kappa shape index (κ1) is 15.9. The highest BCUT2D eigenvalue weighted by atomic mass is 16.7. The molecule has 1 aliphatic rings. The minimum Gasteiger partial charge on any atom is -0.454 e. The second kappa shape index (κ2) is 6.62. The highest BCUT2D eigenvalue weighted by Crippen LogP contribution is 2.34. The molecule has 0 radical (unpaired) electrons. The van der Waals surface area contributed by atoms with Gasteiger partial charge in [0.2, 0.25) is 12.7 Å². The molecule has 0 fully saturated rings. The summed E-state index contributed by atoms with van der Waals surface area (Å²) in [6.45, 7) is 3.45. The van der Waals surface area contributed by atoms with Crippen molar-refractivity contribution in [2.24, 2.45) is 0 Å². The van der Waals surface area contributed by atoms with E-state index >= 15 is 0 Å². The van der Waals surface area contributed by atoms with Crippen molar-refractivity contribution in [3.8, 4) is 11.5 Å². The van der Waals surface area contributed by atoms with Gasteiger partial charge in [0.1, 0.15) is 6.04 Å². The van der Waals surface area contributed by atoms with Gasteiger partial charge >= 0.3 is 0 Å². The van der Waals surface area contributed by atoms with E-state index in [0.717, 1.165) is 5.69 Å². The second-order valence-electron chi connectivity index (χ2n) is 5.56. The van der Waals surface area contributed by atoms with E-state index in [-0.39, 0.29) is 18.5 Å². The number of hydrogen-bond donors (Lipinski definition) is 2. The zero-order chi connectivity index (χ0) is 17.1. The van der Waals surface area contributed by atoms with Gasteiger partial charge in [0.05, 0.1) is 0 Å². The molecule has 6 nitrogen and oxygen atoms in total. The van der Waals surface area contributed by atoms with Crippen LogP contribution in [0.2, 0.25) is 0 Å². The number of anilines is 2. The molecule has 2 aromatic carbocycles. The van der Waals surface area contributed by atoms with Crippen molar-refractivity contribution in [1.29, 1.82) is 0 Å². The molecule has 0 saturated carbocycles. The second-order valence-corrected chi connectivity index (χ2v) is 5.56. The summed E-state index contributed by atoms with van der Waals surface area (Å²) >= 11 is 0. The van der Waals surface area contributed by atoms with Crippen LogP contribution in [-0.4, -0.2) is 24.5 Å². The van der Waals surface area contributed by atoms with Crippen LogP contribution in [-0.2, 0) is 4.79 Å². The quantitative estimate of drug-likeness (QED) is 0.826. The summed E-state index contributed by atoms with van der Waals surface area (Å²) in [5.41, 5.74) is 1.95. The van der Waals surface area contributed by atoms with Crippen LogP contribution in [0.25, 0.3) is 0 Å². The first-order valence-corrected chi connectivity index (χ1v) is 7.61. The number of ether oxygens (including phenoxy) is 2. The van der Waals surface area contributed by atoms with E-state index in [1.54, 1.807) is 43.3 Å². The average molecular weight is 326 g/mol. The van der Waals surface area contributed by atoms with Gasteiger partial charge in [-0.1, -0.05) is 12.1 Å². The Morgan fingerprint density at radius 1 is 1.04 bits per heavy atom. The molecule has 1 aliphatic heterocycles. The number of hydrogen-bond acceptors (Lipinski definition) is 5. The van der Waals surface area contributed by atoms with Crippen molar-refractivity contribution in [3.05, 3.63) is 48.0 Å². The molecule has 124 valence electrons. The van der Waals surface area contributed by atoms with E-state index in [1.165, 1.54) is 6.92 Å². The molecule has 0 saturated heterocycles. The first-order chi connectivity index (χ1) is 11.5. The fourth-order valence-electron chi connectivity index (χ4n) is 2.37. The van der Waals surface area contributed by atoms with Gasteiger partial charge in [-0.3, -0.25) is 9.59 Å². The molecular weight excluding hydrogens is 308 g/mol. The fraction of sp³-hybridized carbons (Fsp3) is 0.222. The van der Waals surface area contributed by atoms with Crippen LogP contribution in [0, 0.1) is 0 Å². The van der Waals surface area contributed by atoms with Gasteiger partial charge < -0.3 is 20.1 Å². The predicted octanol–water partition coefficient (Wildman–Crippen LogP) is 3.06. The molecule has 1 atom stereocenters. The number of Topliss-reactive ketones (excluding diaryl/α,β-unsaturated/α-hetero) is 1. The standard InChI is InChI=1S/C18H18N2O4/c1-11(19-14-5-3-4-13(8-14)12(2)21)18(22)20-15-6-7-16-17(9-15)24-10-23-16/h3-9,11,19H,10H2,1-2H3,(H,20,22). The monoisotopic (exact) mass is 326 g/mol. The molecule has 0 aliphatic carbocycles. The lowest BCUT2D eigenvalue weighted by atomic mass is 10.1. The summed E-state index contributed by atoms with van der Waals surface area (Å²) in [5.74, 6) is 1.07. The van der Waals surface area contributed by atoms with Crippen molar-refractivity contribution in [3.63, 3.8) is 0 Å². The molecule has 0 bridgehead atoms. The predicted molar refractivity (Wildman–Crippen MR) is 90.7 cm³/mol. The molecule has 0 aromatic heterocycles. The highest BCUT2D eigenvalue weighted by molar-refractivity contribution is 5.97. The summed E-state index contributed by atoms with van der Waals surface area (Å²) in [4.78, 5) is 23.7. The number of benzene rings is 2. The van der Waals surface area contributed by atoms with Crippen LogP contribution in [0.1, 0.15) is 24.2 Å². The van der Waals surface area contributed by atoms with Crippen LogP contribution in [0.3, 0.4) is 0 Å². The first-order valence-electron chi connectivity index (χ1n) is 7.61. The van der Waals surface area contributed by atoms with Gasteiger partial charge in [0.15, 0.2) is 17.3 Å². The number of carbonyl (C=O) groups is 2. The van der Waals surface area contributed by atoms with Crippen molar-refractivity contribution < 1.29 is 19.1 Å². The normalized spacial score (nSPS) is 13.2. The number of nitrogens with one attached hydrogen (secondary N) is 2. The summed E-state index contributed by atoms with van der Waals surface area (Å²) in [7, 11) is 0. The van der Waals surface area contributed by atoms with E-state index in [4.69, 9.17) is 9.47 Å². The number of carbonyl (C=O) groups excluding carboxylic acids is 2. The van der Waals surface area contributed by atoms with E-state index in [9.17, 15) is 9.59 Å². The number of amides is 1. The van der Waals surface area contributed by atoms with Crippen LogP contribution >= 0.6 is 0 Å². The van der Waals surface area contributed by atoms with Crippen molar-refractivity contribution in [2.75, 3.05) is 17.4 Å². The summed E-state index contributed by atoms with van der Waals surface area (Å²) in [5, 5.41) is 5.91. The number of rotatable bonds is 5. The third kappa shape index (κ3) is 3.48. The van der Waals surface area contributed by atoms with Gasteiger partial charge in [-0.05, 0) is 38.1 Å². The molecule has 6 heteroatoms. The Labute approximate surface area is 139 Å². The van der Waals surface area contributed by atoms with E-state index in [1.807, 2.05) is 6.07 Å². The van der Waals surface area contributed by atoms with Crippen molar-refractivity contribution in [2.45, 2.75) is 19.9 Å². The molecular formula is C18H18N2O4. The Kier molecular flexibility index (Phi) is 4.37. The summed E-state index contributed by atoms with van der Waals surface area (Å²) < 4.78 is 10.5. The average Bonchev–Trinajstić information content (AvgIpc) is 3.02. The minimum atomic E-state index is -0.474. The Hall–Kier alpha value is -3.02. The topological polar surface area (TPSA) is 76.7 Å². The smallest absolute Gasteiger partial charge is 0.246 e. The maximum absolute atomic E-state index is 12.3. The lowest BCUT2D eigenvalue weighted by Crippen LogP contribution is -2.31. The maximum atomic E-state index is 12.3. The minimum absolute atomic E-state index is 0.0175. The Morgan fingerprint density at radius 2 is 1.83 bits per heavy atom. The van der Waals surface area contributed by atoms with Gasteiger partial charge in [0, 0.05) is 23.0 Å². The lowest BCUT2D eigenvalue weighted by Gasteiger charge is -2.16. The Balaban J connectivity index is 1.64. The third-order valence-corrected chi connectivity index (χ3v) is 3.69. The van der Waals surface area contributed by atoms with E-state index < -0.39 is 6.04 Å².